The highest BCUT2D eigenvalue weighted by atomic mass is 16.8. The minimum atomic E-state index is -1.68. The molecule has 0 spiro atoms. The lowest BCUT2D eigenvalue weighted by Crippen LogP contribution is -2.64. The number of rotatable bonds is 4. The summed E-state index contributed by atoms with van der Waals surface area (Å²) in [5.74, 6) is 0. The van der Waals surface area contributed by atoms with Gasteiger partial charge in [-0.15, -0.1) is 0 Å². The van der Waals surface area contributed by atoms with Gasteiger partial charge in [-0.05, 0) is 13.8 Å². The molecule has 0 aliphatic carbocycles. The summed E-state index contributed by atoms with van der Waals surface area (Å²) in [4.78, 5) is 0. The molecule has 176 valence electrons. The first-order chi connectivity index (χ1) is 14.0. The van der Waals surface area contributed by atoms with E-state index in [0.717, 1.165) is 0 Å². The van der Waals surface area contributed by atoms with Gasteiger partial charge in [0, 0.05) is 0 Å². The lowest BCUT2D eigenvalue weighted by Gasteiger charge is -2.46. The van der Waals surface area contributed by atoms with Crippen molar-refractivity contribution < 1.29 is 64.5 Å². The van der Waals surface area contributed by atoms with Crippen molar-refractivity contribution in [2.24, 2.45) is 0 Å². The zero-order valence-electron chi connectivity index (χ0n) is 16.4. The third-order valence-electron chi connectivity index (χ3n) is 5.62. The first-order valence-electron chi connectivity index (χ1n) is 9.71. The predicted octanol–water partition coefficient (Wildman–Crippen LogP) is -4.88. The van der Waals surface area contributed by atoms with E-state index in [9.17, 15) is 40.9 Å². The quantitative estimate of drug-likeness (QED) is 0.206. The van der Waals surface area contributed by atoms with Gasteiger partial charge in [0.25, 0.3) is 0 Å². The van der Waals surface area contributed by atoms with Crippen LogP contribution in [0.2, 0.25) is 0 Å². The lowest BCUT2D eigenvalue weighted by molar-refractivity contribution is -0.375. The second-order valence-corrected chi connectivity index (χ2v) is 7.86. The van der Waals surface area contributed by atoms with Crippen LogP contribution in [0.1, 0.15) is 13.8 Å². The number of ether oxygens (including phenoxy) is 5. The largest absolute Gasteiger partial charge is 0.388 e. The molecule has 0 radical (unpaired) electrons. The van der Waals surface area contributed by atoms with Crippen LogP contribution in [-0.2, 0) is 23.7 Å². The molecule has 13 nitrogen and oxygen atoms in total. The van der Waals surface area contributed by atoms with Gasteiger partial charge in [-0.25, -0.2) is 0 Å². The Morgan fingerprint density at radius 2 is 1.03 bits per heavy atom. The summed E-state index contributed by atoms with van der Waals surface area (Å²) in [6.45, 7) is 2.52. The van der Waals surface area contributed by atoms with Crippen molar-refractivity contribution in [3.05, 3.63) is 0 Å². The minimum Gasteiger partial charge on any atom is -0.388 e. The first kappa shape index (κ1) is 24.1. The Morgan fingerprint density at radius 1 is 0.600 bits per heavy atom. The number of hydrogen-bond acceptors (Lipinski definition) is 13. The maximum Gasteiger partial charge on any atom is 0.187 e. The molecular weight excluding hydrogens is 412 g/mol. The van der Waals surface area contributed by atoms with Crippen LogP contribution in [0.25, 0.3) is 0 Å². The second-order valence-electron chi connectivity index (χ2n) is 7.86. The molecular formula is C17H30O13. The van der Waals surface area contributed by atoms with Crippen molar-refractivity contribution >= 4 is 0 Å². The fourth-order valence-electron chi connectivity index (χ4n) is 3.64. The summed E-state index contributed by atoms with van der Waals surface area (Å²) in [6, 6.07) is 0. The maximum atomic E-state index is 10.3. The summed E-state index contributed by atoms with van der Waals surface area (Å²) in [5.41, 5.74) is 0. The van der Waals surface area contributed by atoms with Crippen molar-refractivity contribution in [2.45, 2.75) is 99.9 Å². The van der Waals surface area contributed by atoms with Gasteiger partial charge in [0.15, 0.2) is 18.9 Å². The fraction of sp³-hybridized carbons (Fsp3) is 1.00. The number of aliphatic hydroxyl groups is 8. The Balaban J connectivity index is 1.75. The highest BCUT2D eigenvalue weighted by Crippen LogP contribution is 2.30. The van der Waals surface area contributed by atoms with Gasteiger partial charge in [-0.2, -0.15) is 0 Å². The SMILES string of the molecule is C[C@@H]1O[C@@H](O[C@@H]2[C@H](O[C@@H]3O[C@@H](C)[C@H](O)[C@@H](O)[C@H]3O)[C@@H](O)OC[C@H]2O)[C@H](O)[C@H](O)[C@H]1O. The summed E-state index contributed by atoms with van der Waals surface area (Å²) in [7, 11) is 0. The Morgan fingerprint density at radius 3 is 1.50 bits per heavy atom. The molecule has 3 fully saturated rings. The summed E-state index contributed by atoms with van der Waals surface area (Å²) < 4.78 is 26.8. The van der Waals surface area contributed by atoms with E-state index in [1.807, 2.05) is 0 Å². The van der Waals surface area contributed by atoms with E-state index in [1.54, 1.807) is 0 Å². The Labute approximate surface area is 171 Å². The average Bonchev–Trinajstić information content (AvgIpc) is 2.71. The van der Waals surface area contributed by atoms with Crippen LogP contribution in [0.3, 0.4) is 0 Å². The number of aliphatic hydroxyl groups excluding tert-OH is 8. The van der Waals surface area contributed by atoms with Gasteiger partial charge >= 0.3 is 0 Å². The second kappa shape index (κ2) is 9.54. The molecule has 3 aliphatic heterocycles. The van der Waals surface area contributed by atoms with Gasteiger partial charge in [0.2, 0.25) is 0 Å². The Hall–Kier alpha value is -0.520. The Kier molecular flexibility index (Phi) is 7.67. The smallest absolute Gasteiger partial charge is 0.187 e. The molecule has 0 aromatic rings. The van der Waals surface area contributed by atoms with E-state index in [4.69, 9.17) is 23.7 Å². The Bertz CT molecular complexity index is 518. The summed E-state index contributed by atoms with van der Waals surface area (Å²) in [5, 5.41) is 80.3. The van der Waals surface area contributed by atoms with Crippen LogP contribution in [-0.4, -0.2) is 133 Å². The molecule has 3 aliphatic rings. The molecule has 0 aromatic carbocycles. The van der Waals surface area contributed by atoms with Gasteiger partial charge in [-0.1, -0.05) is 0 Å². The van der Waals surface area contributed by atoms with E-state index in [-0.39, 0.29) is 6.61 Å². The molecule has 0 unspecified atom stereocenters. The predicted molar refractivity (Wildman–Crippen MR) is 92.4 cm³/mol. The molecule has 13 heteroatoms. The van der Waals surface area contributed by atoms with Crippen molar-refractivity contribution in [1.82, 2.24) is 0 Å². The molecule has 0 aromatic heterocycles. The lowest BCUT2D eigenvalue weighted by atomic mass is 9.98. The fourth-order valence-corrected chi connectivity index (χ4v) is 3.64. The standard InChI is InChI=1S/C17H30O13/c1-4-7(19)9(21)11(23)16(27-4)29-13-6(18)3-26-15(25)14(13)30-17-12(24)10(22)8(20)5(2)28-17/h4-25H,3H2,1-2H3/t4-,5-,6+,7-,8-,9+,10+,11+,12+,13-,14-,15-,16-,17-/m0/s1. The van der Waals surface area contributed by atoms with Crippen LogP contribution in [0, 0.1) is 0 Å². The van der Waals surface area contributed by atoms with E-state index in [0.29, 0.717) is 0 Å². The monoisotopic (exact) mass is 442 g/mol. The van der Waals surface area contributed by atoms with Crippen LogP contribution >= 0.6 is 0 Å². The molecule has 0 bridgehead atoms. The van der Waals surface area contributed by atoms with Gasteiger partial charge < -0.3 is 64.5 Å². The molecule has 3 saturated heterocycles. The average molecular weight is 442 g/mol. The zero-order chi connectivity index (χ0) is 22.3. The molecule has 8 N–H and O–H groups in total. The first-order valence-corrected chi connectivity index (χ1v) is 9.71. The molecule has 3 rings (SSSR count). The van der Waals surface area contributed by atoms with E-state index >= 15 is 0 Å². The van der Waals surface area contributed by atoms with Crippen molar-refractivity contribution in [3.63, 3.8) is 0 Å². The third-order valence-corrected chi connectivity index (χ3v) is 5.62. The van der Waals surface area contributed by atoms with Crippen molar-refractivity contribution in [1.29, 1.82) is 0 Å². The van der Waals surface area contributed by atoms with E-state index < -0.39 is 86.0 Å². The van der Waals surface area contributed by atoms with Crippen molar-refractivity contribution in [2.75, 3.05) is 6.61 Å². The van der Waals surface area contributed by atoms with Crippen LogP contribution < -0.4 is 0 Å². The summed E-state index contributed by atoms with van der Waals surface area (Å²) in [6.07, 6.45) is -20.0. The van der Waals surface area contributed by atoms with Crippen LogP contribution in [0.5, 0.6) is 0 Å². The normalized spacial score (nSPS) is 55.4. The van der Waals surface area contributed by atoms with Crippen molar-refractivity contribution in [3.8, 4) is 0 Å². The number of hydrogen-bond donors (Lipinski definition) is 8. The third kappa shape index (κ3) is 4.63. The topological polar surface area (TPSA) is 208 Å². The highest BCUT2D eigenvalue weighted by Gasteiger charge is 2.51. The molecule has 14 atom stereocenters. The molecule has 0 saturated carbocycles. The van der Waals surface area contributed by atoms with Gasteiger partial charge in [-0.3, -0.25) is 0 Å². The van der Waals surface area contributed by atoms with Gasteiger partial charge in [0.05, 0.1) is 18.8 Å². The molecule has 30 heavy (non-hydrogen) atoms. The zero-order valence-corrected chi connectivity index (χ0v) is 16.4. The van der Waals surface area contributed by atoms with E-state index in [2.05, 4.69) is 0 Å². The molecule has 3 heterocycles. The minimum absolute atomic E-state index is 0.360. The maximum absolute atomic E-state index is 10.3. The van der Waals surface area contributed by atoms with Gasteiger partial charge in [0.1, 0.15) is 54.9 Å². The van der Waals surface area contributed by atoms with E-state index in [1.165, 1.54) is 13.8 Å². The van der Waals surface area contributed by atoms with Crippen LogP contribution in [0.4, 0.5) is 0 Å². The molecule has 0 amide bonds. The van der Waals surface area contributed by atoms with Crippen LogP contribution in [0.15, 0.2) is 0 Å². The summed E-state index contributed by atoms with van der Waals surface area (Å²) >= 11 is 0. The highest BCUT2D eigenvalue weighted by molar-refractivity contribution is 4.93.